The molecule has 0 aliphatic carbocycles. The number of aryl methyl sites for hydroxylation is 2. The van der Waals surface area contributed by atoms with E-state index in [4.69, 9.17) is 0 Å². The van der Waals surface area contributed by atoms with Gasteiger partial charge in [0, 0.05) is 18.8 Å². The van der Waals surface area contributed by atoms with Crippen LogP contribution < -0.4 is 10.6 Å². The summed E-state index contributed by atoms with van der Waals surface area (Å²) in [6.45, 7) is 9.18. The fraction of sp³-hybridized carbons (Fsp3) is 0.611. The summed E-state index contributed by atoms with van der Waals surface area (Å²) in [7, 11) is 0. The van der Waals surface area contributed by atoms with E-state index in [2.05, 4.69) is 22.5 Å². The lowest BCUT2D eigenvalue weighted by atomic mass is 9.99. The van der Waals surface area contributed by atoms with Crippen LogP contribution in [0.5, 0.6) is 0 Å². The number of hydrogen-bond acceptors (Lipinski definition) is 3. The van der Waals surface area contributed by atoms with Gasteiger partial charge < -0.3 is 20.6 Å². The molecule has 1 saturated heterocycles. The Kier molecular flexibility index (Phi) is 6.42. The zero-order valence-corrected chi connectivity index (χ0v) is 14.4. The Morgan fingerprint density at radius 1 is 1.35 bits per heavy atom. The highest BCUT2D eigenvalue weighted by Crippen LogP contribution is 2.17. The van der Waals surface area contributed by atoms with Gasteiger partial charge in [-0.15, -0.1) is 0 Å². The van der Waals surface area contributed by atoms with Gasteiger partial charge in [0.15, 0.2) is 0 Å². The van der Waals surface area contributed by atoms with Gasteiger partial charge in [-0.1, -0.05) is 19.1 Å². The van der Waals surface area contributed by atoms with E-state index < -0.39 is 6.10 Å². The van der Waals surface area contributed by atoms with Crippen LogP contribution >= 0.6 is 0 Å². The maximum Gasteiger partial charge on any atom is 0.319 e. The van der Waals surface area contributed by atoms with Crippen LogP contribution in [0.1, 0.15) is 30.9 Å². The maximum atomic E-state index is 12.0. The SMILES string of the molecule is Cc1ccc(C)c(NC(=O)NCC(O)CN2CCC(C)CC2)c1. The molecular weight excluding hydrogens is 290 g/mol. The average Bonchev–Trinajstić information content (AvgIpc) is 2.51. The number of nitrogens with one attached hydrogen (secondary N) is 2. The second kappa shape index (κ2) is 8.31. The quantitative estimate of drug-likeness (QED) is 0.781. The molecule has 5 nitrogen and oxygen atoms in total. The summed E-state index contributed by atoms with van der Waals surface area (Å²) in [6.07, 6.45) is 1.84. The number of benzene rings is 1. The summed E-state index contributed by atoms with van der Waals surface area (Å²) in [5.41, 5.74) is 2.93. The minimum absolute atomic E-state index is 0.267. The predicted molar refractivity (Wildman–Crippen MR) is 93.8 cm³/mol. The number of urea groups is 1. The van der Waals surface area contributed by atoms with E-state index in [0.29, 0.717) is 6.54 Å². The standard InChI is InChI=1S/C18H29N3O2/c1-13-6-8-21(9-7-13)12-16(22)11-19-18(23)20-17-10-14(2)4-5-15(17)3/h4-5,10,13,16,22H,6-9,11-12H2,1-3H3,(H2,19,20,23). The first kappa shape index (κ1) is 17.8. The molecular formula is C18H29N3O2. The van der Waals surface area contributed by atoms with E-state index in [-0.39, 0.29) is 12.6 Å². The molecule has 3 N–H and O–H groups in total. The van der Waals surface area contributed by atoms with E-state index in [1.165, 1.54) is 12.8 Å². The van der Waals surface area contributed by atoms with Gasteiger partial charge in [-0.3, -0.25) is 0 Å². The Labute approximate surface area is 139 Å². The van der Waals surface area contributed by atoms with Crippen molar-refractivity contribution >= 4 is 11.7 Å². The summed E-state index contributed by atoms with van der Waals surface area (Å²) in [5.74, 6) is 0.782. The summed E-state index contributed by atoms with van der Waals surface area (Å²) in [4.78, 5) is 14.2. The Balaban J connectivity index is 1.72. The molecule has 5 heteroatoms. The summed E-state index contributed by atoms with van der Waals surface area (Å²) < 4.78 is 0. The van der Waals surface area contributed by atoms with Gasteiger partial charge in [0.2, 0.25) is 0 Å². The molecule has 2 rings (SSSR count). The van der Waals surface area contributed by atoms with Crippen LogP contribution in [0.3, 0.4) is 0 Å². The molecule has 0 radical (unpaired) electrons. The average molecular weight is 319 g/mol. The van der Waals surface area contributed by atoms with Crippen molar-refractivity contribution < 1.29 is 9.90 Å². The molecule has 0 spiro atoms. The Morgan fingerprint density at radius 3 is 2.74 bits per heavy atom. The number of amides is 2. The van der Waals surface area contributed by atoms with E-state index in [1.807, 2.05) is 32.0 Å². The molecule has 1 aliphatic rings. The molecule has 0 aromatic heterocycles. The van der Waals surface area contributed by atoms with Crippen LogP contribution in [0, 0.1) is 19.8 Å². The number of hydrogen-bond donors (Lipinski definition) is 3. The fourth-order valence-electron chi connectivity index (χ4n) is 2.85. The number of rotatable bonds is 5. The lowest BCUT2D eigenvalue weighted by Gasteiger charge is -2.31. The molecule has 1 heterocycles. The smallest absolute Gasteiger partial charge is 0.319 e. The maximum absolute atomic E-state index is 12.0. The topological polar surface area (TPSA) is 64.6 Å². The number of anilines is 1. The number of aliphatic hydroxyl groups excluding tert-OH is 1. The first-order valence-electron chi connectivity index (χ1n) is 8.46. The number of nitrogens with zero attached hydrogens (tertiary/aromatic N) is 1. The van der Waals surface area contributed by atoms with Gasteiger partial charge in [0.25, 0.3) is 0 Å². The van der Waals surface area contributed by atoms with E-state index in [9.17, 15) is 9.90 Å². The molecule has 1 aromatic rings. The Hall–Kier alpha value is -1.59. The lowest BCUT2D eigenvalue weighted by molar-refractivity contribution is 0.0924. The lowest BCUT2D eigenvalue weighted by Crippen LogP contribution is -2.43. The molecule has 1 aliphatic heterocycles. The van der Waals surface area contributed by atoms with Crippen molar-refractivity contribution in [1.82, 2.24) is 10.2 Å². The number of carbonyl (C=O) groups is 1. The number of carbonyl (C=O) groups excluding carboxylic acids is 1. The number of aliphatic hydroxyl groups is 1. The molecule has 23 heavy (non-hydrogen) atoms. The van der Waals surface area contributed by atoms with Gasteiger partial charge in [0.05, 0.1) is 6.10 Å². The van der Waals surface area contributed by atoms with Crippen molar-refractivity contribution in [3.63, 3.8) is 0 Å². The first-order valence-corrected chi connectivity index (χ1v) is 8.46. The first-order chi connectivity index (χ1) is 10.9. The van der Waals surface area contributed by atoms with Crippen molar-refractivity contribution in [2.75, 3.05) is 31.5 Å². The molecule has 0 bridgehead atoms. The van der Waals surface area contributed by atoms with E-state index >= 15 is 0 Å². The van der Waals surface area contributed by atoms with Crippen LogP contribution in [0.4, 0.5) is 10.5 Å². The normalized spacial score (nSPS) is 17.7. The summed E-state index contributed by atoms with van der Waals surface area (Å²) in [6, 6.07) is 5.67. The fourth-order valence-corrected chi connectivity index (χ4v) is 2.85. The number of β-amino-alcohol motifs (C(OH)–C–C–N with tert-alkyl or cyclic N) is 1. The van der Waals surface area contributed by atoms with Crippen molar-refractivity contribution in [3.05, 3.63) is 29.3 Å². The molecule has 1 fully saturated rings. The van der Waals surface area contributed by atoms with Crippen LogP contribution in [-0.2, 0) is 0 Å². The summed E-state index contributed by atoms with van der Waals surface area (Å²) in [5, 5.41) is 15.7. The van der Waals surface area contributed by atoms with Gasteiger partial charge in [-0.25, -0.2) is 4.79 Å². The van der Waals surface area contributed by atoms with E-state index in [0.717, 1.165) is 35.8 Å². The zero-order chi connectivity index (χ0) is 16.8. The predicted octanol–water partition coefficient (Wildman–Crippen LogP) is 2.52. The minimum Gasteiger partial charge on any atom is -0.390 e. The van der Waals surface area contributed by atoms with Crippen LogP contribution in [0.15, 0.2) is 18.2 Å². The zero-order valence-electron chi connectivity index (χ0n) is 14.4. The second-order valence-corrected chi connectivity index (χ2v) is 6.79. The third-order valence-electron chi connectivity index (χ3n) is 4.48. The summed E-state index contributed by atoms with van der Waals surface area (Å²) >= 11 is 0. The third-order valence-corrected chi connectivity index (χ3v) is 4.48. The highest BCUT2D eigenvalue weighted by atomic mass is 16.3. The molecule has 1 atom stereocenters. The van der Waals surface area contributed by atoms with E-state index in [1.54, 1.807) is 0 Å². The molecule has 1 unspecified atom stereocenters. The molecule has 0 saturated carbocycles. The Bertz CT molecular complexity index is 525. The van der Waals surface area contributed by atoms with Crippen LogP contribution in [0.2, 0.25) is 0 Å². The monoisotopic (exact) mass is 319 g/mol. The second-order valence-electron chi connectivity index (χ2n) is 6.79. The van der Waals surface area contributed by atoms with Gasteiger partial charge in [-0.05, 0) is 62.9 Å². The van der Waals surface area contributed by atoms with Gasteiger partial charge >= 0.3 is 6.03 Å². The van der Waals surface area contributed by atoms with Gasteiger partial charge in [-0.2, -0.15) is 0 Å². The number of piperidine rings is 1. The van der Waals surface area contributed by atoms with Crippen molar-refractivity contribution in [2.24, 2.45) is 5.92 Å². The Morgan fingerprint density at radius 2 is 2.04 bits per heavy atom. The highest BCUT2D eigenvalue weighted by Gasteiger charge is 2.18. The van der Waals surface area contributed by atoms with Crippen molar-refractivity contribution in [2.45, 2.75) is 39.7 Å². The third kappa shape index (κ3) is 5.84. The minimum atomic E-state index is -0.534. The number of likely N-dealkylation sites (tertiary alicyclic amines) is 1. The highest BCUT2D eigenvalue weighted by molar-refractivity contribution is 5.90. The van der Waals surface area contributed by atoms with Crippen LogP contribution in [-0.4, -0.2) is 48.3 Å². The van der Waals surface area contributed by atoms with Crippen molar-refractivity contribution in [1.29, 1.82) is 0 Å². The largest absolute Gasteiger partial charge is 0.390 e. The van der Waals surface area contributed by atoms with Crippen molar-refractivity contribution in [3.8, 4) is 0 Å². The molecule has 2 amide bonds. The van der Waals surface area contributed by atoms with Gasteiger partial charge in [0.1, 0.15) is 0 Å². The molecule has 128 valence electrons. The molecule has 1 aromatic carbocycles. The van der Waals surface area contributed by atoms with Crippen LogP contribution in [0.25, 0.3) is 0 Å².